The molecule has 2 saturated carbocycles. The molecule has 3 rings (SSSR count). The third kappa shape index (κ3) is 2.59. The van der Waals surface area contributed by atoms with Gasteiger partial charge in [0.1, 0.15) is 0 Å². The number of hydrogen-bond donors (Lipinski definition) is 0. The highest BCUT2D eigenvalue weighted by Crippen LogP contribution is 2.65. The molecular weight excluding hydrogens is 257 g/mol. The minimum atomic E-state index is -4.14. The molecular formula is C13H19F3N2O. The van der Waals surface area contributed by atoms with E-state index >= 15 is 0 Å². The first-order valence-electron chi connectivity index (χ1n) is 6.98. The lowest BCUT2D eigenvalue weighted by Gasteiger charge is -2.36. The zero-order valence-electron chi connectivity index (χ0n) is 10.9. The third-order valence-corrected chi connectivity index (χ3v) is 4.92. The smallest absolute Gasteiger partial charge is 0.340 e. The first-order chi connectivity index (χ1) is 8.90. The minimum absolute atomic E-state index is 0.176. The summed E-state index contributed by atoms with van der Waals surface area (Å²) < 4.78 is 36.8. The first-order valence-corrected chi connectivity index (χ1v) is 6.98. The summed E-state index contributed by atoms with van der Waals surface area (Å²) in [4.78, 5) is 15.4. The van der Waals surface area contributed by atoms with E-state index in [1.807, 2.05) is 0 Å². The van der Waals surface area contributed by atoms with Crippen molar-refractivity contribution < 1.29 is 18.0 Å². The summed E-state index contributed by atoms with van der Waals surface area (Å²) >= 11 is 0. The summed E-state index contributed by atoms with van der Waals surface area (Å²) in [5.41, 5.74) is 0.306. The molecule has 1 atom stereocenters. The molecule has 0 N–H and O–H groups in total. The zero-order chi connectivity index (χ0) is 13.7. The van der Waals surface area contributed by atoms with Crippen LogP contribution in [-0.2, 0) is 4.79 Å². The molecule has 1 saturated heterocycles. The average Bonchev–Trinajstić information content (AvgIpc) is 3.02. The largest absolute Gasteiger partial charge is 0.401 e. The van der Waals surface area contributed by atoms with Gasteiger partial charge < -0.3 is 4.90 Å². The van der Waals surface area contributed by atoms with E-state index in [0.717, 1.165) is 19.3 Å². The fraction of sp³-hybridized carbons (Fsp3) is 0.923. The van der Waals surface area contributed by atoms with E-state index in [1.165, 1.54) is 11.3 Å². The van der Waals surface area contributed by atoms with Crippen molar-refractivity contribution >= 4 is 5.91 Å². The SMILES string of the molecule is O=C(C1CC12CCC2)N1CCN(CC(F)(F)F)CC1. The Kier molecular flexibility index (Phi) is 3.04. The Morgan fingerprint density at radius 3 is 2.21 bits per heavy atom. The molecule has 1 heterocycles. The van der Waals surface area contributed by atoms with Crippen molar-refractivity contribution in [1.82, 2.24) is 9.80 Å². The summed E-state index contributed by atoms with van der Waals surface area (Å²) in [5, 5.41) is 0. The molecule has 0 aromatic rings. The Labute approximate surface area is 110 Å². The van der Waals surface area contributed by atoms with Crippen LogP contribution in [0.4, 0.5) is 13.2 Å². The molecule has 3 aliphatic rings. The summed E-state index contributed by atoms with van der Waals surface area (Å²) in [6, 6.07) is 0. The molecule has 0 aromatic carbocycles. The minimum Gasteiger partial charge on any atom is -0.340 e. The number of rotatable bonds is 2. The van der Waals surface area contributed by atoms with Crippen LogP contribution in [0.5, 0.6) is 0 Å². The predicted octanol–water partition coefficient (Wildman–Crippen LogP) is 1.88. The van der Waals surface area contributed by atoms with Crippen molar-refractivity contribution in [3.05, 3.63) is 0 Å². The maximum atomic E-state index is 12.3. The summed E-state index contributed by atoms with van der Waals surface area (Å²) in [6.45, 7) is 0.710. The van der Waals surface area contributed by atoms with Gasteiger partial charge in [0.15, 0.2) is 0 Å². The number of carbonyl (C=O) groups is 1. The van der Waals surface area contributed by atoms with Crippen LogP contribution in [0.25, 0.3) is 0 Å². The maximum Gasteiger partial charge on any atom is 0.401 e. The molecule has 1 unspecified atom stereocenters. The topological polar surface area (TPSA) is 23.6 Å². The Morgan fingerprint density at radius 2 is 1.79 bits per heavy atom. The first kappa shape index (κ1) is 13.2. The molecule has 0 bridgehead atoms. The van der Waals surface area contributed by atoms with Crippen molar-refractivity contribution in [1.29, 1.82) is 0 Å². The Morgan fingerprint density at radius 1 is 1.16 bits per heavy atom. The molecule has 1 spiro atoms. The van der Waals surface area contributed by atoms with Crippen LogP contribution in [0.1, 0.15) is 25.7 Å². The van der Waals surface area contributed by atoms with Crippen LogP contribution < -0.4 is 0 Å². The second kappa shape index (κ2) is 4.36. The van der Waals surface area contributed by atoms with Gasteiger partial charge in [-0.3, -0.25) is 9.69 Å². The van der Waals surface area contributed by atoms with Crippen molar-refractivity contribution in [2.24, 2.45) is 11.3 Å². The van der Waals surface area contributed by atoms with E-state index < -0.39 is 12.7 Å². The van der Waals surface area contributed by atoms with E-state index in [4.69, 9.17) is 0 Å². The van der Waals surface area contributed by atoms with E-state index in [-0.39, 0.29) is 11.8 Å². The highest BCUT2D eigenvalue weighted by Gasteiger charge is 2.61. The number of alkyl halides is 3. The molecule has 0 radical (unpaired) electrons. The molecule has 19 heavy (non-hydrogen) atoms. The average molecular weight is 276 g/mol. The Hall–Kier alpha value is -0.780. The third-order valence-electron chi connectivity index (χ3n) is 4.92. The van der Waals surface area contributed by atoms with Gasteiger partial charge in [0, 0.05) is 32.1 Å². The van der Waals surface area contributed by atoms with Gasteiger partial charge in [-0.05, 0) is 24.7 Å². The van der Waals surface area contributed by atoms with E-state index in [0.29, 0.717) is 31.6 Å². The molecule has 3 nitrogen and oxygen atoms in total. The number of amides is 1. The van der Waals surface area contributed by atoms with Gasteiger partial charge in [0.05, 0.1) is 6.54 Å². The zero-order valence-corrected chi connectivity index (χ0v) is 10.9. The monoisotopic (exact) mass is 276 g/mol. The maximum absolute atomic E-state index is 12.3. The van der Waals surface area contributed by atoms with E-state index in [9.17, 15) is 18.0 Å². The molecule has 3 fully saturated rings. The normalized spacial score (nSPS) is 30.3. The van der Waals surface area contributed by atoms with Crippen LogP contribution >= 0.6 is 0 Å². The quantitative estimate of drug-likeness (QED) is 0.769. The van der Waals surface area contributed by atoms with Crippen molar-refractivity contribution in [3.63, 3.8) is 0 Å². The van der Waals surface area contributed by atoms with Crippen molar-refractivity contribution in [2.75, 3.05) is 32.7 Å². The fourth-order valence-electron chi connectivity index (χ4n) is 3.48. The highest BCUT2D eigenvalue weighted by atomic mass is 19.4. The van der Waals surface area contributed by atoms with Gasteiger partial charge in [0.2, 0.25) is 5.91 Å². The van der Waals surface area contributed by atoms with Gasteiger partial charge in [-0.2, -0.15) is 13.2 Å². The number of piperazine rings is 1. The lowest BCUT2D eigenvalue weighted by Crippen LogP contribution is -2.51. The predicted molar refractivity (Wildman–Crippen MR) is 63.5 cm³/mol. The Balaban J connectivity index is 1.47. The van der Waals surface area contributed by atoms with Gasteiger partial charge in [-0.15, -0.1) is 0 Å². The standard InChI is InChI=1S/C13H19F3N2O/c14-13(15,16)9-17-4-6-18(7-5-17)11(19)10-8-12(10)2-1-3-12/h10H,1-9H2. The van der Waals surface area contributed by atoms with Crippen LogP contribution in [0.2, 0.25) is 0 Å². The fourth-order valence-corrected chi connectivity index (χ4v) is 3.48. The second-order valence-electron chi connectivity index (χ2n) is 6.19. The Bertz CT molecular complexity index is 371. The summed E-state index contributed by atoms with van der Waals surface area (Å²) in [5.74, 6) is 0.363. The van der Waals surface area contributed by atoms with Gasteiger partial charge in [-0.1, -0.05) is 6.42 Å². The molecule has 1 aliphatic heterocycles. The van der Waals surface area contributed by atoms with Gasteiger partial charge in [-0.25, -0.2) is 0 Å². The summed E-state index contributed by atoms with van der Waals surface area (Å²) in [6.07, 6.45) is 0.422. The van der Waals surface area contributed by atoms with Crippen LogP contribution in [-0.4, -0.2) is 54.6 Å². The van der Waals surface area contributed by atoms with E-state index in [1.54, 1.807) is 4.90 Å². The van der Waals surface area contributed by atoms with E-state index in [2.05, 4.69) is 0 Å². The molecule has 0 aromatic heterocycles. The van der Waals surface area contributed by atoms with Crippen LogP contribution in [0, 0.1) is 11.3 Å². The number of hydrogen-bond acceptors (Lipinski definition) is 2. The number of carbonyl (C=O) groups excluding carboxylic acids is 1. The molecule has 1 amide bonds. The van der Waals surface area contributed by atoms with Crippen LogP contribution in [0.3, 0.4) is 0 Å². The molecule has 2 aliphatic carbocycles. The molecule has 108 valence electrons. The van der Waals surface area contributed by atoms with Gasteiger partial charge in [0.25, 0.3) is 0 Å². The second-order valence-corrected chi connectivity index (χ2v) is 6.19. The highest BCUT2D eigenvalue weighted by molar-refractivity contribution is 5.83. The number of nitrogens with zero attached hydrogens (tertiary/aromatic N) is 2. The number of halogens is 3. The summed E-state index contributed by atoms with van der Waals surface area (Å²) in [7, 11) is 0. The van der Waals surface area contributed by atoms with Gasteiger partial charge >= 0.3 is 6.18 Å². The van der Waals surface area contributed by atoms with Crippen molar-refractivity contribution in [2.45, 2.75) is 31.9 Å². The van der Waals surface area contributed by atoms with Crippen molar-refractivity contribution in [3.8, 4) is 0 Å². The molecule has 6 heteroatoms. The lowest BCUT2D eigenvalue weighted by atomic mass is 9.79. The van der Waals surface area contributed by atoms with Crippen LogP contribution in [0.15, 0.2) is 0 Å². The lowest BCUT2D eigenvalue weighted by molar-refractivity contribution is -0.152.